The number of hydrogen-bond donors (Lipinski definition) is 0. The second kappa shape index (κ2) is 5.00. The van der Waals surface area contributed by atoms with Crippen molar-refractivity contribution in [3.8, 4) is 0 Å². The average Bonchev–Trinajstić information content (AvgIpc) is 2.74. The number of aromatic nitrogens is 2. The minimum absolute atomic E-state index is 0.242. The minimum Gasteiger partial charge on any atom is -0.275 e. The van der Waals surface area contributed by atoms with Crippen LogP contribution in [0.15, 0.2) is 30.1 Å². The molecule has 18 heavy (non-hydrogen) atoms. The van der Waals surface area contributed by atoms with Crippen LogP contribution in [0.2, 0.25) is 0 Å². The quantitative estimate of drug-likeness (QED) is 0.734. The molecule has 2 heterocycles. The van der Waals surface area contributed by atoms with Gasteiger partial charge in [-0.1, -0.05) is 6.08 Å². The largest absolute Gasteiger partial charge is 0.275 e. The molecule has 0 unspecified atom stereocenters. The lowest BCUT2D eigenvalue weighted by molar-refractivity contribution is -0.139. The SMILES string of the molecule is C/C(=C\c1cnn(C)c1)C(=O)N1CCC=CC1=O. The van der Waals surface area contributed by atoms with Gasteiger partial charge in [0.1, 0.15) is 0 Å². The molecule has 0 bridgehead atoms. The molecule has 5 nitrogen and oxygen atoms in total. The molecular formula is C13H15N3O2. The Morgan fingerprint density at radius 3 is 2.89 bits per heavy atom. The maximum atomic E-state index is 12.1. The lowest BCUT2D eigenvalue weighted by Gasteiger charge is -2.21. The summed E-state index contributed by atoms with van der Waals surface area (Å²) in [5.41, 5.74) is 1.38. The number of aryl methyl sites for hydroxylation is 1. The van der Waals surface area contributed by atoms with Gasteiger partial charge in [-0.05, 0) is 25.5 Å². The van der Waals surface area contributed by atoms with Gasteiger partial charge in [-0.15, -0.1) is 0 Å². The standard InChI is InChI=1S/C13H15N3O2/c1-10(7-11-8-14-15(2)9-11)13(18)16-6-4-3-5-12(16)17/h3,5,7-9H,4,6H2,1-2H3/b10-7+. The molecule has 1 aliphatic rings. The second-order valence-corrected chi connectivity index (χ2v) is 4.26. The highest BCUT2D eigenvalue weighted by molar-refractivity contribution is 6.09. The van der Waals surface area contributed by atoms with Gasteiger partial charge in [0.05, 0.1) is 6.20 Å². The molecule has 1 aromatic heterocycles. The van der Waals surface area contributed by atoms with Crippen LogP contribution < -0.4 is 0 Å². The van der Waals surface area contributed by atoms with E-state index >= 15 is 0 Å². The van der Waals surface area contributed by atoms with E-state index in [-0.39, 0.29) is 11.8 Å². The first kappa shape index (κ1) is 12.3. The molecular weight excluding hydrogens is 230 g/mol. The van der Waals surface area contributed by atoms with Gasteiger partial charge < -0.3 is 0 Å². The number of hydrogen-bond acceptors (Lipinski definition) is 3. The number of rotatable bonds is 2. The summed E-state index contributed by atoms with van der Waals surface area (Å²) in [4.78, 5) is 24.9. The first-order valence-corrected chi connectivity index (χ1v) is 5.77. The van der Waals surface area contributed by atoms with Gasteiger partial charge in [0, 0.05) is 30.9 Å². The molecule has 0 aromatic carbocycles. The van der Waals surface area contributed by atoms with Crippen molar-refractivity contribution in [2.24, 2.45) is 7.05 Å². The zero-order valence-corrected chi connectivity index (χ0v) is 10.5. The van der Waals surface area contributed by atoms with Crippen LogP contribution >= 0.6 is 0 Å². The Balaban J connectivity index is 2.16. The monoisotopic (exact) mass is 245 g/mol. The minimum atomic E-state index is -0.245. The van der Waals surface area contributed by atoms with Crippen molar-refractivity contribution in [3.05, 3.63) is 35.7 Å². The molecule has 0 saturated carbocycles. The number of carbonyl (C=O) groups excluding carboxylic acids is 2. The summed E-state index contributed by atoms with van der Waals surface area (Å²) < 4.78 is 1.67. The van der Waals surface area contributed by atoms with Crippen molar-refractivity contribution in [3.63, 3.8) is 0 Å². The van der Waals surface area contributed by atoms with E-state index in [1.54, 1.807) is 30.0 Å². The smallest absolute Gasteiger partial charge is 0.256 e. The molecule has 0 N–H and O–H groups in total. The summed E-state index contributed by atoms with van der Waals surface area (Å²) in [7, 11) is 1.81. The number of nitrogens with zero attached hydrogens (tertiary/aromatic N) is 3. The van der Waals surface area contributed by atoms with Crippen molar-refractivity contribution in [2.45, 2.75) is 13.3 Å². The van der Waals surface area contributed by atoms with Gasteiger partial charge in [0.2, 0.25) is 0 Å². The molecule has 1 aliphatic heterocycles. The van der Waals surface area contributed by atoms with Gasteiger partial charge in [-0.2, -0.15) is 5.10 Å². The van der Waals surface area contributed by atoms with E-state index in [0.29, 0.717) is 12.1 Å². The predicted molar refractivity (Wildman–Crippen MR) is 67.3 cm³/mol. The molecule has 0 atom stereocenters. The molecule has 2 rings (SSSR count). The Morgan fingerprint density at radius 1 is 1.50 bits per heavy atom. The van der Waals surface area contributed by atoms with Crippen LogP contribution in [0.1, 0.15) is 18.9 Å². The Kier molecular flexibility index (Phi) is 3.41. The van der Waals surface area contributed by atoms with Gasteiger partial charge in [-0.25, -0.2) is 0 Å². The van der Waals surface area contributed by atoms with Crippen LogP contribution in [-0.4, -0.2) is 33.0 Å². The topological polar surface area (TPSA) is 55.2 Å². The van der Waals surface area contributed by atoms with Crippen molar-refractivity contribution in [1.29, 1.82) is 0 Å². The van der Waals surface area contributed by atoms with Crippen LogP contribution in [0, 0.1) is 0 Å². The summed E-state index contributed by atoms with van der Waals surface area (Å²) in [6.07, 6.45) is 9.17. The average molecular weight is 245 g/mol. The normalized spacial score (nSPS) is 16.2. The Labute approximate surface area is 105 Å². The Hall–Kier alpha value is -2.17. The van der Waals surface area contributed by atoms with E-state index in [1.165, 1.54) is 11.0 Å². The molecule has 94 valence electrons. The van der Waals surface area contributed by atoms with Gasteiger partial charge in [0.15, 0.2) is 0 Å². The van der Waals surface area contributed by atoms with E-state index in [2.05, 4.69) is 5.10 Å². The molecule has 0 fully saturated rings. The molecule has 2 amide bonds. The fraction of sp³-hybridized carbons (Fsp3) is 0.308. The zero-order chi connectivity index (χ0) is 13.1. The Bertz CT molecular complexity index is 540. The van der Waals surface area contributed by atoms with Crippen molar-refractivity contribution >= 4 is 17.9 Å². The van der Waals surface area contributed by atoms with E-state index in [1.807, 2.05) is 13.2 Å². The highest BCUT2D eigenvalue weighted by Crippen LogP contribution is 2.11. The first-order chi connectivity index (χ1) is 8.58. The second-order valence-electron chi connectivity index (χ2n) is 4.26. The molecule has 0 radical (unpaired) electrons. The third kappa shape index (κ3) is 2.56. The number of imide groups is 1. The van der Waals surface area contributed by atoms with Crippen LogP contribution in [0.25, 0.3) is 6.08 Å². The van der Waals surface area contributed by atoms with Crippen LogP contribution in [0.3, 0.4) is 0 Å². The first-order valence-electron chi connectivity index (χ1n) is 5.77. The lowest BCUT2D eigenvalue weighted by Crippen LogP contribution is -2.38. The van der Waals surface area contributed by atoms with Gasteiger partial charge in [-0.3, -0.25) is 19.2 Å². The molecule has 0 aliphatic carbocycles. The maximum Gasteiger partial charge on any atom is 0.256 e. The fourth-order valence-corrected chi connectivity index (χ4v) is 1.83. The summed E-state index contributed by atoms with van der Waals surface area (Å²) in [5, 5.41) is 4.03. The van der Waals surface area contributed by atoms with Gasteiger partial charge >= 0.3 is 0 Å². The predicted octanol–water partition coefficient (Wildman–Crippen LogP) is 1.14. The fourth-order valence-electron chi connectivity index (χ4n) is 1.83. The van der Waals surface area contributed by atoms with Crippen LogP contribution in [-0.2, 0) is 16.6 Å². The van der Waals surface area contributed by atoms with E-state index in [4.69, 9.17) is 0 Å². The summed E-state index contributed by atoms with van der Waals surface area (Å²) in [6.45, 7) is 2.16. The number of carbonyl (C=O) groups is 2. The number of amides is 2. The van der Waals surface area contributed by atoms with Gasteiger partial charge in [0.25, 0.3) is 11.8 Å². The lowest BCUT2D eigenvalue weighted by atomic mass is 10.1. The highest BCUT2D eigenvalue weighted by Gasteiger charge is 2.22. The molecule has 0 saturated heterocycles. The molecule has 5 heteroatoms. The third-order valence-corrected chi connectivity index (χ3v) is 2.74. The van der Waals surface area contributed by atoms with E-state index < -0.39 is 0 Å². The summed E-state index contributed by atoms with van der Waals surface area (Å²) in [5.74, 6) is -0.488. The maximum absolute atomic E-state index is 12.1. The molecule has 1 aromatic rings. The van der Waals surface area contributed by atoms with Crippen LogP contribution in [0.4, 0.5) is 0 Å². The van der Waals surface area contributed by atoms with Crippen LogP contribution in [0.5, 0.6) is 0 Å². The van der Waals surface area contributed by atoms with E-state index in [0.717, 1.165) is 12.0 Å². The van der Waals surface area contributed by atoms with Crippen molar-refractivity contribution < 1.29 is 9.59 Å². The van der Waals surface area contributed by atoms with Crippen molar-refractivity contribution in [2.75, 3.05) is 6.54 Å². The molecule has 0 spiro atoms. The Morgan fingerprint density at radius 2 is 2.28 bits per heavy atom. The highest BCUT2D eigenvalue weighted by atomic mass is 16.2. The van der Waals surface area contributed by atoms with Crippen molar-refractivity contribution in [1.82, 2.24) is 14.7 Å². The third-order valence-electron chi connectivity index (χ3n) is 2.74. The zero-order valence-electron chi connectivity index (χ0n) is 10.5. The van der Waals surface area contributed by atoms with E-state index in [9.17, 15) is 9.59 Å². The summed E-state index contributed by atoms with van der Waals surface area (Å²) in [6, 6.07) is 0. The summed E-state index contributed by atoms with van der Waals surface area (Å²) >= 11 is 0.